The van der Waals surface area contributed by atoms with Gasteiger partial charge in [0.15, 0.2) is 0 Å². The fourth-order valence-electron chi connectivity index (χ4n) is 1.74. The molecule has 22 heavy (non-hydrogen) atoms. The van der Waals surface area contributed by atoms with E-state index in [9.17, 15) is 4.79 Å². The molecule has 6 heteroatoms. The molecule has 2 aromatic carbocycles. The number of benzene rings is 2. The molecule has 0 saturated heterocycles. The maximum Gasteiger partial charge on any atom is 0.310 e. The molecule has 0 aliphatic rings. The maximum absolute atomic E-state index is 11.8. The summed E-state index contributed by atoms with van der Waals surface area (Å²) in [5.74, 6) is 0.322. The van der Waals surface area contributed by atoms with Crippen LogP contribution in [0.1, 0.15) is 5.56 Å². The summed E-state index contributed by atoms with van der Waals surface area (Å²) in [5.41, 5.74) is 0.574. The highest BCUT2D eigenvalue weighted by molar-refractivity contribution is 9.10. The quantitative estimate of drug-likeness (QED) is 0.507. The first-order valence-corrected chi connectivity index (χ1v) is 8.08. The van der Waals surface area contributed by atoms with Gasteiger partial charge in [0, 0.05) is 20.1 Å². The van der Waals surface area contributed by atoms with E-state index in [0.717, 1.165) is 4.47 Å². The Morgan fingerprint density at radius 2 is 1.64 bits per heavy atom. The first-order valence-electron chi connectivity index (χ1n) is 6.53. The second kappa shape index (κ2) is 8.42. The Hall–Kier alpha value is -1.23. The highest BCUT2D eigenvalue weighted by Crippen LogP contribution is 2.24. The Kier molecular flexibility index (Phi) is 6.55. The molecule has 0 bridgehead atoms. The van der Waals surface area contributed by atoms with Crippen LogP contribution < -0.4 is 4.74 Å². The first-order chi connectivity index (χ1) is 10.6. The van der Waals surface area contributed by atoms with E-state index >= 15 is 0 Å². The number of esters is 1. The molecule has 0 fully saturated rings. The van der Waals surface area contributed by atoms with Crippen LogP contribution >= 0.6 is 39.1 Å². The molecule has 0 radical (unpaired) electrons. The summed E-state index contributed by atoms with van der Waals surface area (Å²) in [6.07, 6.45) is 0.0385. The Morgan fingerprint density at radius 3 is 2.27 bits per heavy atom. The lowest BCUT2D eigenvalue weighted by Gasteiger charge is -2.09. The van der Waals surface area contributed by atoms with Gasteiger partial charge in [-0.05, 0) is 36.4 Å². The van der Waals surface area contributed by atoms with Gasteiger partial charge >= 0.3 is 5.97 Å². The van der Waals surface area contributed by atoms with Gasteiger partial charge in [-0.25, -0.2) is 0 Å². The van der Waals surface area contributed by atoms with Crippen molar-refractivity contribution in [1.82, 2.24) is 0 Å². The Bertz CT molecular complexity index is 624. The molecule has 0 amide bonds. The van der Waals surface area contributed by atoms with Crippen molar-refractivity contribution in [2.45, 2.75) is 6.42 Å². The summed E-state index contributed by atoms with van der Waals surface area (Å²) in [7, 11) is 0. The molecule has 0 aromatic heterocycles. The van der Waals surface area contributed by atoms with E-state index in [1.165, 1.54) is 0 Å². The minimum absolute atomic E-state index is 0.0385. The van der Waals surface area contributed by atoms with Crippen LogP contribution in [-0.4, -0.2) is 19.2 Å². The van der Waals surface area contributed by atoms with Gasteiger partial charge in [-0.3, -0.25) is 4.79 Å². The van der Waals surface area contributed by atoms with Crippen LogP contribution in [0.3, 0.4) is 0 Å². The van der Waals surface area contributed by atoms with Crippen LogP contribution in [-0.2, 0) is 16.0 Å². The summed E-state index contributed by atoms with van der Waals surface area (Å²) >= 11 is 15.4. The largest absolute Gasteiger partial charge is 0.490 e. The van der Waals surface area contributed by atoms with Crippen molar-refractivity contribution in [3.05, 3.63) is 62.5 Å². The molecule has 2 rings (SSSR count). The minimum atomic E-state index is -0.394. The van der Waals surface area contributed by atoms with Crippen molar-refractivity contribution >= 4 is 45.1 Å². The van der Waals surface area contributed by atoms with Gasteiger partial charge in [0.25, 0.3) is 0 Å². The molecule has 0 aliphatic carbocycles. The van der Waals surface area contributed by atoms with Crippen LogP contribution in [0.2, 0.25) is 10.0 Å². The third kappa shape index (κ3) is 5.20. The molecule has 2 aromatic rings. The van der Waals surface area contributed by atoms with Gasteiger partial charge in [-0.15, -0.1) is 0 Å². The van der Waals surface area contributed by atoms with Gasteiger partial charge < -0.3 is 9.47 Å². The van der Waals surface area contributed by atoms with Crippen LogP contribution in [0.25, 0.3) is 0 Å². The average Bonchev–Trinajstić information content (AvgIpc) is 2.49. The first kappa shape index (κ1) is 17.1. The standard InChI is InChI=1S/C16H13BrCl2O3/c17-11-4-6-12(7-5-11)21-8-9-22-16(20)10-13-14(18)2-1-3-15(13)19/h1-7H,8-10H2. The lowest BCUT2D eigenvalue weighted by Crippen LogP contribution is -2.14. The third-order valence-corrected chi connectivity index (χ3v) is 4.05. The number of carbonyl (C=O) groups excluding carboxylic acids is 1. The second-order valence-electron chi connectivity index (χ2n) is 4.40. The molecule has 0 heterocycles. The highest BCUT2D eigenvalue weighted by Gasteiger charge is 2.11. The Labute approximate surface area is 147 Å². The van der Waals surface area contributed by atoms with E-state index < -0.39 is 5.97 Å². The number of carbonyl (C=O) groups is 1. The van der Waals surface area contributed by atoms with Gasteiger partial charge in [-0.2, -0.15) is 0 Å². The summed E-state index contributed by atoms with van der Waals surface area (Å²) < 4.78 is 11.5. The monoisotopic (exact) mass is 402 g/mol. The fourth-order valence-corrected chi connectivity index (χ4v) is 2.54. The van der Waals surface area contributed by atoms with Crippen molar-refractivity contribution in [3.8, 4) is 5.75 Å². The summed E-state index contributed by atoms with van der Waals surface area (Å²) in [5, 5.41) is 0.908. The molecule has 0 N–H and O–H groups in total. The van der Waals surface area contributed by atoms with Crippen molar-refractivity contribution in [2.75, 3.05) is 13.2 Å². The number of rotatable bonds is 6. The lowest BCUT2D eigenvalue weighted by molar-refractivity contribution is -0.143. The lowest BCUT2D eigenvalue weighted by atomic mass is 10.1. The normalized spacial score (nSPS) is 10.3. The van der Waals surface area contributed by atoms with Crippen LogP contribution in [0, 0.1) is 0 Å². The molecule has 0 aliphatic heterocycles. The second-order valence-corrected chi connectivity index (χ2v) is 6.13. The van der Waals surface area contributed by atoms with Crippen molar-refractivity contribution in [2.24, 2.45) is 0 Å². The zero-order valence-electron chi connectivity index (χ0n) is 11.5. The Balaban J connectivity index is 1.75. The molecule has 3 nitrogen and oxygen atoms in total. The fraction of sp³-hybridized carbons (Fsp3) is 0.188. The minimum Gasteiger partial charge on any atom is -0.490 e. The summed E-state index contributed by atoms with van der Waals surface area (Å²) in [6, 6.07) is 12.5. The van der Waals surface area contributed by atoms with Crippen LogP contribution in [0.15, 0.2) is 46.9 Å². The van der Waals surface area contributed by atoms with Gasteiger partial charge in [-0.1, -0.05) is 45.2 Å². The maximum atomic E-state index is 11.8. The SMILES string of the molecule is O=C(Cc1c(Cl)cccc1Cl)OCCOc1ccc(Br)cc1. The summed E-state index contributed by atoms with van der Waals surface area (Å²) in [6.45, 7) is 0.445. The zero-order valence-corrected chi connectivity index (χ0v) is 14.6. The predicted octanol–water partition coefficient (Wildman–Crippen LogP) is 4.92. The van der Waals surface area contributed by atoms with Gasteiger partial charge in [0.2, 0.25) is 0 Å². The number of ether oxygens (including phenoxy) is 2. The van der Waals surface area contributed by atoms with Crippen LogP contribution in [0.4, 0.5) is 0 Å². The van der Waals surface area contributed by atoms with Crippen LogP contribution in [0.5, 0.6) is 5.75 Å². The molecule has 0 atom stereocenters. The van der Waals surface area contributed by atoms with Crippen molar-refractivity contribution < 1.29 is 14.3 Å². The number of halogens is 3. The predicted molar refractivity (Wildman–Crippen MR) is 90.8 cm³/mol. The topological polar surface area (TPSA) is 35.5 Å². The molecular formula is C16H13BrCl2O3. The Morgan fingerprint density at radius 1 is 1.00 bits per heavy atom. The molecule has 116 valence electrons. The number of hydrogen-bond donors (Lipinski definition) is 0. The van der Waals surface area contributed by atoms with Crippen molar-refractivity contribution in [3.63, 3.8) is 0 Å². The van der Waals surface area contributed by atoms with Gasteiger partial charge in [0.05, 0.1) is 6.42 Å². The highest BCUT2D eigenvalue weighted by atomic mass is 79.9. The smallest absolute Gasteiger partial charge is 0.310 e. The summed E-state index contributed by atoms with van der Waals surface area (Å²) in [4.78, 5) is 11.8. The average molecular weight is 404 g/mol. The molecule has 0 unspecified atom stereocenters. The molecular weight excluding hydrogens is 391 g/mol. The third-order valence-electron chi connectivity index (χ3n) is 2.81. The van der Waals surface area contributed by atoms with E-state index in [-0.39, 0.29) is 19.6 Å². The van der Waals surface area contributed by atoms with Crippen molar-refractivity contribution in [1.29, 1.82) is 0 Å². The molecule has 0 saturated carbocycles. The van der Waals surface area contributed by atoms with E-state index in [4.69, 9.17) is 32.7 Å². The number of hydrogen-bond acceptors (Lipinski definition) is 3. The zero-order chi connectivity index (χ0) is 15.9. The van der Waals surface area contributed by atoms with E-state index in [0.29, 0.717) is 21.4 Å². The van der Waals surface area contributed by atoms with E-state index in [1.54, 1.807) is 18.2 Å². The van der Waals surface area contributed by atoms with Gasteiger partial charge in [0.1, 0.15) is 19.0 Å². The van der Waals surface area contributed by atoms with E-state index in [1.807, 2.05) is 24.3 Å². The molecule has 0 spiro atoms. The van der Waals surface area contributed by atoms with E-state index in [2.05, 4.69) is 15.9 Å².